The lowest BCUT2D eigenvalue weighted by molar-refractivity contribution is -0.155. The summed E-state index contributed by atoms with van der Waals surface area (Å²) in [6.45, 7) is 4.86. The molecule has 0 unspecified atom stereocenters. The van der Waals surface area contributed by atoms with Crippen LogP contribution in [0.3, 0.4) is 0 Å². The molecule has 0 aromatic heterocycles. The lowest BCUT2D eigenvalue weighted by atomic mass is 10.1. The molecule has 3 rings (SSSR count). The Bertz CT molecular complexity index is 998. The van der Waals surface area contributed by atoms with E-state index >= 15 is 0 Å². The Hall–Kier alpha value is -3.68. The van der Waals surface area contributed by atoms with E-state index in [4.69, 9.17) is 14.2 Å². The summed E-state index contributed by atoms with van der Waals surface area (Å²) in [5, 5.41) is 0. The van der Waals surface area contributed by atoms with Gasteiger partial charge in [-0.25, -0.2) is 14.5 Å². The van der Waals surface area contributed by atoms with Crippen molar-refractivity contribution in [3.05, 3.63) is 71.8 Å². The van der Waals surface area contributed by atoms with Crippen LogP contribution in [0, 0.1) is 5.92 Å². The van der Waals surface area contributed by atoms with E-state index in [1.807, 2.05) is 12.1 Å². The Kier molecular flexibility index (Phi) is 7.48. The monoisotopic (exact) mass is 453 g/mol. The number of amides is 2. The zero-order valence-electron chi connectivity index (χ0n) is 18.9. The Morgan fingerprint density at radius 2 is 1.33 bits per heavy atom. The molecule has 1 saturated heterocycles. The SMILES string of the molecule is CC(C)(C)OC(=O)N1C(=O)[C@H](C(=O)OCc2ccccc2)C[C@H]1C(=O)OCc1ccccc1. The molecule has 1 aliphatic heterocycles. The third-order valence-electron chi connectivity index (χ3n) is 4.90. The molecule has 2 atom stereocenters. The fraction of sp³-hybridized carbons (Fsp3) is 0.360. The molecular weight excluding hydrogens is 426 g/mol. The van der Waals surface area contributed by atoms with Gasteiger partial charge in [0.25, 0.3) is 0 Å². The van der Waals surface area contributed by atoms with Crippen molar-refractivity contribution in [3.8, 4) is 0 Å². The van der Waals surface area contributed by atoms with Crippen LogP contribution < -0.4 is 0 Å². The highest BCUT2D eigenvalue weighted by Crippen LogP contribution is 2.29. The summed E-state index contributed by atoms with van der Waals surface area (Å²) in [7, 11) is 0. The first kappa shape index (κ1) is 24.0. The molecule has 8 heteroatoms. The zero-order valence-corrected chi connectivity index (χ0v) is 18.9. The first-order valence-corrected chi connectivity index (χ1v) is 10.6. The van der Waals surface area contributed by atoms with E-state index < -0.39 is 41.5 Å². The van der Waals surface area contributed by atoms with Crippen molar-refractivity contribution in [2.45, 2.75) is 52.0 Å². The van der Waals surface area contributed by atoms with Crippen molar-refractivity contribution in [2.24, 2.45) is 5.92 Å². The molecule has 2 aromatic rings. The average molecular weight is 453 g/mol. The maximum Gasteiger partial charge on any atom is 0.417 e. The minimum Gasteiger partial charge on any atom is -0.460 e. The van der Waals surface area contributed by atoms with Gasteiger partial charge in [0, 0.05) is 6.42 Å². The number of carbonyl (C=O) groups excluding carboxylic acids is 4. The number of hydrogen-bond donors (Lipinski definition) is 0. The summed E-state index contributed by atoms with van der Waals surface area (Å²) >= 11 is 0. The Labute approximate surface area is 192 Å². The van der Waals surface area contributed by atoms with E-state index in [0.29, 0.717) is 4.90 Å². The van der Waals surface area contributed by atoms with Gasteiger partial charge in [0.15, 0.2) is 0 Å². The van der Waals surface area contributed by atoms with Gasteiger partial charge in [0.2, 0.25) is 5.91 Å². The molecule has 0 bridgehead atoms. The van der Waals surface area contributed by atoms with Crippen molar-refractivity contribution in [3.63, 3.8) is 0 Å². The number of imide groups is 1. The van der Waals surface area contributed by atoms with Crippen molar-refractivity contribution in [1.29, 1.82) is 0 Å². The van der Waals surface area contributed by atoms with E-state index in [9.17, 15) is 19.2 Å². The van der Waals surface area contributed by atoms with Gasteiger partial charge in [-0.3, -0.25) is 9.59 Å². The lowest BCUT2D eigenvalue weighted by Crippen LogP contribution is -2.46. The minimum absolute atomic E-state index is 0.0288. The van der Waals surface area contributed by atoms with Gasteiger partial charge in [-0.1, -0.05) is 60.7 Å². The largest absolute Gasteiger partial charge is 0.460 e. The van der Waals surface area contributed by atoms with E-state index in [2.05, 4.69) is 0 Å². The van der Waals surface area contributed by atoms with Gasteiger partial charge in [0.1, 0.15) is 30.8 Å². The van der Waals surface area contributed by atoms with E-state index in [1.165, 1.54) is 0 Å². The van der Waals surface area contributed by atoms with Crippen molar-refractivity contribution >= 4 is 23.9 Å². The fourth-order valence-electron chi connectivity index (χ4n) is 3.33. The van der Waals surface area contributed by atoms with Gasteiger partial charge in [-0.05, 0) is 31.9 Å². The molecule has 1 heterocycles. The van der Waals surface area contributed by atoms with E-state index in [0.717, 1.165) is 11.1 Å². The smallest absolute Gasteiger partial charge is 0.417 e. The number of hydrogen-bond acceptors (Lipinski definition) is 7. The maximum atomic E-state index is 13.0. The summed E-state index contributed by atoms with van der Waals surface area (Å²) in [5.74, 6) is -3.76. The van der Waals surface area contributed by atoms with Crippen LogP contribution in [-0.2, 0) is 41.8 Å². The number of nitrogens with zero attached hydrogens (tertiary/aromatic N) is 1. The van der Waals surface area contributed by atoms with Gasteiger partial charge < -0.3 is 14.2 Å². The normalized spacial score (nSPS) is 18.0. The van der Waals surface area contributed by atoms with Gasteiger partial charge in [-0.15, -0.1) is 0 Å². The van der Waals surface area contributed by atoms with E-state index in [-0.39, 0.29) is 19.6 Å². The number of likely N-dealkylation sites (tertiary alicyclic amines) is 1. The van der Waals surface area contributed by atoms with Crippen LogP contribution in [0.25, 0.3) is 0 Å². The van der Waals surface area contributed by atoms with Crippen molar-refractivity contribution in [1.82, 2.24) is 4.90 Å². The molecule has 0 saturated carbocycles. The number of ether oxygens (including phenoxy) is 3. The van der Waals surface area contributed by atoms with Gasteiger partial charge >= 0.3 is 18.0 Å². The standard InChI is InChI=1S/C25H27NO7/c1-25(2,3)33-24(30)26-20(23(29)32-16-18-12-8-5-9-13-18)14-19(21(26)27)22(28)31-15-17-10-6-4-7-11-17/h4-13,19-20H,14-16H2,1-3H3/t19-,20+/m1/s1. The van der Waals surface area contributed by atoms with Crippen LogP contribution in [0.5, 0.6) is 0 Å². The third-order valence-corrected chi connectivity index (χ3v) is 4.90. The highest BCUT2D eigenvalue weighted by Gasteiger charge is 2.52. The number of rotatable bonds is 6. The zero-order chi connectivity index (χ0) is 24.0. The molecule has 1 aliphatic rings. The average Bonchev–Trinajstić information content (AvgIpc) is 3.13. The number of benzene rings is 2. The predicted molar refractivity (Wildman–Crippen MR) is 117 cm³/mol. The van der Waals surface area contributed by atoms with E-state index in [1.54, 1.807) is 69.3 Å². The molecule has 1 fully saturated rings. The lowest BCUT2D eigenvalue weighted by Gasteiger charge is -2.26. The minimum atomic E-state index is -1.31. The van der Waals surface area contributed by atoms with Crippen molar-refractivity contribution < 1.29 is 33.4 Å². The second-order valence-electron chi connectivity index (χ2n) is 8.68. The first-order chi connectivity index (χ1) is 15.7. The molecule has 0 aliphatic carbocycles. The van der Waals surface area contributed by atoms with Crippen LogP contribution in [-0.4, -0.2) is 40.5 Å². The maximum absolute atomic E-state index is 13.0. The Morgan fingerprint density at radius 3 is 1.82 bits per heavy atom. The highest BCUT2D eigenvalue weighted by atomic mass is 16.6. The molecule has 8 nitrogen and oxygen atoms in total. The molecule has 2 aromatic carbocycles. The Morgan fingerprint density at radius 1 is 0.848 bits per heavy atom. The van der Waals surface area contributed by atoms with Gasteiger partial charge in [0.05, 0.1) is 0 Å². The molecule has 2 amide bonds. The second-order valence-corrected chi connectivity index (χ2v) is 8.68. The highest BCUT2D eigenvalue weighted by molar-refractivity contribution is 6.08. The quantitative estimate of drug-likeness (QED) is 0.374. The second kappa shape index (κ2) is 10.3. The molecule has 33 heavy (non-hydrogen) atoms. The summed E-state index contributed by atoms with van der Waals surface area (Å²) < 4.78 is 15.9. The molecule has 0 spiro atoms. The fourth-order valence-corrected chi connectivity index (χ4v) is 3.33. The number of esters is 2. The third kappa shape index (κ3) is 6.41. The summed E-state index contributed by atoms with van der Waals surface area (Å²) in [6.07, 6.45) is -1.24. The topological polar surface area (TPSA) is 99.2 Å². The molecule has 0 N–H and O–H groups in total. The Balaban J connectivity index is 1.73. The molecule has 174 valence electrons. The van der Waals surface area contributed by atoms with Crippen LogP contribution in [0.4, 0.5) is 4.79 Å². The summed E-state index contributed by atoms with van der Waals surface area (Å²) in [4.78, 5) is 51.9. The summed E-state index contributed by atoms with van der Waals surface area (Å²) in [6, 6.07) is 16.7. The summed E-state index contributed by atoms with van der Waals surface area (Å²) in [5.41, 5.74) is 0.596. The van der Waals surface area contributed by atoms with Gasteiger partial charge in [-0.2, -0.15) is 0 Å². The molecular formula is C25H27NO7. The van der Waals surface area contributed by atoms with Crippen molar-refractivity contribution in [2.75, 3.05) is 0 Å². The van der Waals surface area contributed by atoms with Crippen LogP contribution in [0.15, 0.2) is 60.7 Å². The van der Waals surface area contributed by atoms with Crippen LogP contribution >= 0.6 is 0 Å². The first-order valence-electron chi connectivity index (χ1n) is 10.6. The number of carbonyl (C=O) groups is 4. The molecule has 0 radical (unpaired) electrons. The van der Waals surface area contributed by atoms with Crippen LogP contribution in [0.1, 0.15) is 38.3 Å². The predicted octanol–water partition coefficient (Wildman–Crippen LogP) is 3.63. The van der Waals surface area contributed by atoms with Crippen LogP contribution in [0.2, 0.25) is 0 Å².